The van der Waals surface area contributed by atoms with Crippen LogP contribution in [0.1, 0.15) is 32.1 Å². The van der Waals surface area contributed by atoms with Crippen LogP contribution in [0.15, 0.2) is 12.5 Å². The van der Waals surface area contributed by atoms with Crippen LogP contribution in [0, 0.1) is 5.92 Å². The average Bonchev–Trinajstić information content (AvgIpc) is 2.88. The van der Waals surface area contributed by atoms with Crippen LogP contribution in [0.25, 0.3) is 11.0 Å². The Morgan fingerprint density at radius 3 is 2.90 bits per heavy atom. The largest absolute Gasteiger partial charge is 0.365 e. The SMILES string of the molecule is Cn1ncc2c(NC(CN)C3CCCCC3)ncnc21. The van der Waals surface area contributed by atoms with E-state index in [-0.39, 0.29) is 6.04 Å². The van der Waals surface area contributed by atoms with E-state index in [1.165, 1.54) is 32.1 Å². The lowest BCUT2D eigenvalue weighted by molar-refractivity contribution is 0.320. The monoisotopic (exact) mass is 274 g/mol. The maximum atomic E-state index is 5.97. The molecule has 2 aromatic heterocycles. The summed E-state index contributed by atoms with van der Waals surface area (Å²) in [5.74, 6) is 1.50. The van der Waals surface area contributed by atoms with E-state index in [4.69, 9.17) is 5.73 Å². The molecule has 20 heavy (non-hydrogen) atoms. The maximum Gasteiger partial charge on any atom is 0.163 e. The Kier molecular flexibility index (Phi) is 3.82. The summed E-state index contributed by atoms with van der Waals surface area (Å²) >= 11 is 0. The number of nitrogens with one attached hydrogen (secondary N) is 1. The van der Waals surface area contributed by atoms with Gasteiger partial charge >= 0.3 is 0 Å². The Hall–Kier alpha value is -1.69. The lowest BCUT2D eigenvalue weighted by atomic mass is 9.84. The van der Waals surface area contributed by atoms with Gasteiger partial charge in [0.05, 0.1) is 11.6 Å². The Labute approximate surface area is 118 Å². The molecule has 3 rings (SSSR count). The fourth-order valence-corrected chi connectivity index (χ4v) is 3.16. The summed E-state index contributed by atoms with van der Waals surface area (Å²) in [7, 11) is 1.89. The standard InChI is InChI=1S/C14H22N6/c1-20-14-11(8-18-20)13(16-9-17-14)19-12(7-15)10-5-3-2-4-6-10/h8-10,12H,2-7,15H2,1H3,(H,16,17,19). The van der Waals surface area contributed by atoms with Crippen LogP contribution in [0.4, 0.5) is 5.82 Å². The van der Waals surface area contributed by atoms with Crippen LogP contribution < -0.4 is 11.1 Å². The van der Waals surface area contributed by atoms with Gasteiger partial charge in [0.15, 0.2) is 5.65 Å². The second-order valence-corrected chi connectivity index (χ2v) is 5.61. The first-order valence-electron chi connectivity index (χ1n) is 7.39. The Balaban J connectivity index is 1.83. The van der Waals surface area contributed by atoms with Crippen molar-refractivity contribution in [1.82, 2.24) is 19.7 Å². The second-order valence-electron chi connectivity index (χ2n) is 5.61. The van der Waals surface area contributed by atoms with E-state index >= 15 is 0 Å². The molecule has 0 radical (unpaired) electrons. The minimum atomic E-state index is 0.286. The number of rotatable bonds is 4. The summed E-state index contributed by atoms with van der Waals surface area (Å²) in [6.45, 7) is 0.635. The fraction of sp³-hybridized carbons (Fsp3) is 0.643. The van der Waals surface area contributed by atoms with Crippen molar-refractivity contribution in [3.05, 3.63) is 12.5 Å². The van der Waals surface area contributed by atoms with Crippen molar-refractivity contribution in [2.45, 2.75) is 38.1 Å². The fourth-order valence-electron chi connectivity index (χ4n) is 3.16. The number of aryl methyl sites for hydroxylation is 1. The predicted molar refractivity (Wildman–Crippen MR) is 79.3 cm³/mol. The number of hydrogen-bond donors (Lipinski definition) is 2. The highest BCUT2D eigenvalue weighted by molar-refractivity contribution is 5.86. The van der Waals surface area contributed by atoms with E-state index in [9.17, 15) is 0 Å². The molecule has 1 aliphatic rings. The highest BCUT2D eigenvalue weighted by Crippen LogP contribution is 2.28. The Morgan fingerprint density at radius 1 is 1.35 bits per heavy atom. The molecule has 1 atom stereocenters. The lowest BCUT2D eigenvalue weighted by Crippen LogP contribution is -2.37. The average molecular weight is 274 g/mol. The molecule has 3 N–H and O–H groups in total. The number of fused-ring (bicyclic) bond motifs is 1. The summed E-state index contributed by atoms with van der Waals surface area (Å²) in [5, 5.41) is 8.73. The summed E-state index contributed by atoms with van der Waals surface area (Å²) in [4.78, 5) is 8.64. The number of anilines is 1. The molecule has 2 heterocycles. The third-order valence-corrected chi connectivity index (χ3v) is 4.32. The molecule has 6 nitrogen and oxygen atoms in total. The van der Waals surface area contributed by atoms with Gasteiger partial charge in [0.2, 0.25) is 0 Å². The highest BCUT2D eigenvalue weighted by Gasteiger charge is 2.23. The molecule has 0 aliphatic heterocycles. The number of nitrogens with zero attached hydrogens (tertiary/aromatic N) is 4. The van der Waals surface area contributed by atoms with Gasteiger partial charge < -0.3 is 11.1 Å². The molecule has 6 heteroatoms. The number of hydrogen-bond acceptors (Lipinski definition) is 5. The van der Waals surface area contributed by atoms with E-state index < -0.39 is 0 Å². The second kappa shape index (κ2) is 5.75. The molecule has 1 fully saturated rings. The van der Waals surface area contributed by atoms with E-state index in [0.717, 1.165) is 16.9 Å². The van der Waals surface area contributed by atoms with Gasteiger partial charge in [-0.3, -0.25) is 4.68 Å². The third-order valence-electron chi connectivity index (χ3n) is 4.32. The predicted octanol–water partition coefficient (Wildman–Crippen LogP) is 1.68. The van der Waals surface area contributed by atoms with Crippen LogP contribution >= 0.6 is 0 Å². The van der Waals surface area contributed by atoms with Crippen LogP contribution in [-0.2, 0) is 7.05 Å². The first-order chi connectivity index (χ1) is 9.79. The molecule has 1 aliphatic carbocycles. The van der Waals surface area contributed by atoms with Crippen LogP contribution in [-0.4, -0.2) is 32.3 Å². The van der Waals surface area contributed by atoms with Gasteiger partial charge in [-0.05, 0) is 18.8 Å². The molecule has 0 spiro atoms. The van der Waals surface area contributed by atoms with Gasteiger partial charge in [0.25, 0.3) is 0 Å². The minimum Gasteiger partial charge on any atom is -0.365 e. The quantitative estimate of drug-likeness (QED) is 0.886. The smallest absolute Gasteiger partial charge is 0.163 e. The lowest BCUT2D eigenvalue weighted by Gasteiger charge is -2.30. The van der Waals surface area contributed by atoms with Gasteiger partial charge in [-0.2, -0.15) is 5.10 Å². The van der Waals surface area contributed by atoms with E-state index in [1.54, 1.807) is 11.0 Å². The van der Waals surface area contributed by atoms with E-state index in [1.807, 2.05) is 13.2 Å². The van der Waals surface area contributed by atoms with Gasteiger partial charge in [-0.1, -0.05) is 19.3 Å². The molecule has 1 unspecified atom stereocenters. The van der Waals surface area contributed by atoms with Crippen molar-refractivity contribution in [2.24, 2.45) is 18.7 Å². The van der Waals surface area contributed by atoms with Crippen molar-refractivity contribution in [3.8, 4) is 0 Å². The van der Waals surface area contributed by atoms with Crippen molar-refractivity contribution >= 4 is 16.9 Å². The van der Waals surface area contributed by atoms with Crippen LogP contribution in [0.5, 0.6) is 0 Å². The van der Waals surface area contributed by atoms with Crippen LogP contribution in [0.2, 0.25) is 0 Å². The summed E-state index contributed by atoms with van der Waals surface area (Å²) in [6, 6.07) is 0.286. The van der Waals surface area contributed by atoms with Crippen molar-refractivity contribution in [1.29, 1.82) is 0 Å². The molecule has 0 aromatic carbocycles. The first-order valence-corrected chi connectivity index (χ1v) is 7.39. The van der Waals surface area contributed by atoms with Gasteiger partial charge in [0.1, 0.15) is 12.1 Å². The zero-order valence-electron chi connectivity index (χ0n) is 11.9. The topological polar surface area (TPSA) is 81.7 Å². The number of nitrogens with two attached hydrogens (primary N) is 1. The summed E-state index contributed by atoms with van der Waals surface area (Å²) in [5.41, 5.74) is 6.82. The molecular weight excluding hydrogens is 252 g/mol. The zero-order chi connectivity index (χ0) is 13.9. The van der Waals surface area contributed by atoms with E-state index in [0.29, 0.717) is 12.5 Å². The molecular formula is C14H22N6. The molecule has 108 valence electrons. The Bertz CT molecular complexity index is 572. The van der Waals surface area contributed by atoms with Crippen molar-refractivity contribution in [2.75, 3.05) is 11.9 Å². The molecule has 0 amide bonds. The normalized spacial score (nSPS) is 18.3. The van der Waals surface area contributed by atoms with Gasteiger partial charge in [0, 0.05) is 19.6 Å². The highest BCUT2D eigenvalue weighted by atomic mass is 15.3. The van der Waals surface area contributed by atoms with Crippen LogP contribution in [0.3, 0.4) is 0 Å². The maximum absolute atomic E-state index is 5.97. The van der Waals surface area contributed by atoms with E-state index in [2.05, 4.69) is 20.4 Å². The summed E-state index contributed by atoms with van der Waals surface area (Å²) < 4.78 is 1.76. The first kappa shape index (κ1) is 13.3. The van der Waals surface area contributed by atoms with Gasteiger partial charge in [-0.15, -0.1) is 0 Å². The number of aromatic nitrogens is 4. The molecule has 1 saturated carbocycles. The molecule has 0 saturated heterocycles. The van der Waals surface area contributed by atoms with Gasteiger partial charge in [-0.25, -0.2) is 9.97 Å². The van der Waals surface area contributed by atoms with Crippen molar-refractivity contribution < 1.29 is 0 Å². The summed E-state index contributed by atoms with van der Waals surface area (Å²) in [6.07, 6.45) is 9.90. The van der Waals surface area contributed by atoms with Crippen molar-refractivity contribution in [3.63, 3.8) is 0 Å². The minimum absolute atomic E-state index is 0.286. The Morgan fingerprint density at radius 2 is 2.15 bits per heavy atom. The zero-order valence-corrected chi connectivity index (χ0v) is 11.9. The molecule has 0 bridgehead atoms. The third kappa shape index (κ3) is 2.47. The molecule has 2 aromatic rings.